The maximum atomic E-state index is 14.7. The second-order valence-electron chi connectivity index (χ2n) is 16.0. The van der Waals surface area contributed by atoms with E-state index in [-0.39, 0.29) is 11.6 Å². The molecule has 0 saturated carbocycles. The van der Waals surface area contributed by atoms with Crippen LogP contribution in [0, 0.1) is 32.4 Å². The van der Waals surface area contributed by atoms with Crippen LogP contribution in [0.25, 0.3) is 38.8 Å². The summed E-state index contributed by atoms with van der Waals surface area (Å²) in [5.74, 6) is 1.21. The quantitative estimate of drug-likeness (QED) is 0.101. The average molecular weight is 842 g/mol. The van der Waals surface area contributed by atoms with Crippen molar-refractivity contribution in [1.29, 1.82) is 0 Å². The Morgan fingerprint density at radius 3 is 2.15 bits per heavy atom. The van der Waals surface area contributed by atoms with E-state index in [1.807, 2.05) is 90.9 Å². The van der Waals surface area contributed by atoms with Gasteiger partial charge in [0, 0.05) is 111 Å². The van der Waals surface area contributed by atoms with E-state index >= 15 is 0 Å². The first-order valence-corrected chi connectivity index (χ1v) is 20.9. The molecule has 62 heavy (non-hydrogen) atoms. The van der Waals surface area contributed by atoms with Gasteiger partial charge in [0.25, 0.3) is 0 Å². The molecule has 8 rings (SSSR count). The highest BCUT2D eigenvalue weighted by molar-refractivity contribution is 5.88. The van der Waals surface area contributed by atoms with E-state index in [9.17, 15) is 8.78 Å². The number of halogens is 2. The number of hydrogen-bond donors (Lipinski definition) is 1. The number of rotatable bonds is 17. The number of likely N-dealkylation sites (N-methyl/N-ethyl adjacent to an activating group) is 1. The molecular weight excluding hydrogens is 789 g/mol. The van der Waals surface area contributed by atoms with E-state index in [1.165, 1.54) is 24.3 Å². The molecule has 0 fully saturated rings. The number of ether oxygens (including phenoxy) is 2. The molecule has 13 nitrogen and oxygen atoms in total. The van der Waals surface area contributed by atoms with Crippen LogP contribution < -0.4 is 14.8 Å². The number of nitrogens with zero attached hydrogens (tertiary/aromatic N) is 10. The van der Waals surface area contributed by atoms with Crippen LogP contribution >= 0.6 is 0 Å². The van der Waals surface area contributed by atoms with E-state index < -0.39 is 0 Å². The third-order valence-corrected chi connectivity index (χ3v) is 11.8. The topological polar surface area (TPSA) is 117 Å². The largest absolute Gasteiger partial charge is 0.493 e. The zero-order valence-electron chi connectivity index (χ0n) is 36.6. The summed E-state index contributed by atoms with van der Waals surface area (Å²) in [6.45, 7) is 8.83. The molecular formula is C47H53F2N11O2. The lowest BCUT2D eigenvalue weighted by molar-refractivity contribution is 0.313. The lowest BCUT2D eigenvalue weighted by Crippen LogP contribution is -2.22. The van der Waals surface area contributed by atoms with Gasteiger partial charge in [0.05, 0.1) is 35.8 Å². The summed E-state index contributed by atoms with van der Waals surface area (Å²) in [5.41, 5.74) is 12.2. The molecule has 0 aliphatic heterocycles. The van der Waals surface area contributed by atoms with Gasteiger partial charge in [-0.2, -0.15) is 15.3 Å². The Labute approximate surface area is 359 Å². The average Bonchev–Trinajstić information content (AvgIpc) is 3.95. The molecule has 0 amide bonds. The van der Waals surface area contributed by atoms with Gasteiger partial charge in [0.15, 0.2) is 5.65 Å². The summed E-state index contributed by atoms with van der Waals surface area (Å²) in [4.78, 5) is 2.23. The van der Waals surface area contributed by atoms with Gasteiger partial charge in [-0.05, 0) is 101 Å². The zero-order valence-corrected chi connectivity index (χ0v) is 36.6. The van der Waals surface area contributed by atoms with Gasteiger partial charge < -0.3 is 19.7 Å². The Balaban J connectivity index is 0.928. The van der Waals surface area contributed by atoms with Gasteiger partial charge in [0.2, 0.25) is 0 Å². The zero-order chi connectivity index (χ0) is 43.7. The number of pyridine rings is 1. The maximum Gasteiger partial charge on any atom is 0.160 e. The van der Waals surface area contributed by atoms with Crippen LogP contribution in [0.5, 0.6) is 11.5 Å². The van der Waals surface area contributed by atoms with E-state index in [4.69, 9.17) is 14.6 Å². The van der Waals surface area contributed by atoms with Crippen molar-refractivity contribution in [3.63, 3.8) is 0 Å². The molecule has 0 unspecified atom stereocenters. The number of aryl methyl sites for hydroxylation is 4. The third-order valence-electron chi connectivity index (χ3n) is 11.8. The molecule has 0 aliphatic carbocycles. The molecule has 322 valence electrons. The molecule has 3 aromatic carbocycles. The number of benzene rings is 3. The summed E-state index contributed by atoms with van der Waals surface area (Å²) in [6, 6.07) is 19.3. The number of aromatic nitrogens is 9. The van der Waals surface area contributed by atoms with Crippen LogP contribution in [0.1, 0.15) is 45.4 Å². The smallest absolute Gasteiger partial charge is 0.160 e. The Kier molecular flexibility index (Phi) is 12.2. The van der Waals surface area contributed by atoms with Crippen molar-refractivity contribution >= 4 is 16.6 Å². The highest BCUT2D eigenvalue weighted by Crippen LogP contribution is 2.35. The van der Waals surface area contributed by atoms with Gasteiger partial charge in [0.1, 0.15) is 29.0 Å². The number of hydrogen-bond acceptors (Lipinski definition) is 9. The fourth-order valence-corrected chi connectivity index (χ4v) is 8.28. The first-order valence-electron chi connectivity index (χ1n) is 20.9. The SMILES string of the molecule is CNCc1nn(C)c2ccc(-c3cc(F)ccc3OCCc3c(CN(C)CCc4nnc5ccc(-c6ccc(F)cc6OCCc6c(C)nn(C)c6C)cn45)nn(C)c3C)cc12. The second-order valence-corrected chi connectivity index (χ2v) is 16.0. The third kappa shape index (κ3) is 8.68. The van der Waals surface area contributed by atoms with Crippen LogP contribution in [0.15, 0.2) is 72.9 Å². The van der Waals surface area contributed by atoms with Crippen molar-refractivity contribution in [2.75, 3.05) is 33.9 Å². The maximum absolute atomic E-state index is 14.7. The van der Waals surface area contributed by atoms with E-state index in [2.05, 4.69) is 50.6 Å². The molecule has 5 aromatic heterocycles. The lowest BCUT2D eigenvalue weighted by atomic mass is 10.0. The molecule has 8 aromatic rings. The monoisotopic (exact) mass is 841 g/mol. The molecule has 0 atom stereocenters. The predicted molar refractivity (Wildman–Crippen MR) is 236 cm³/mol. The number of nitrogens with one attached hydrogen (secondary N) is 1. The van der Waals surface area contributed by atoms with Crippen LogP contribution in [-0.2, 0) is 53.5 Å². The summed E-state index contributed by atoms with van der Waals surface area (Å²) in [5, 5.41) is 27.2. The van der Waals surface area contributed by atoms with Crippen molar-refractivity contribution in [2.24, 2.45) is 21.1 Å². The molecule has 5 heterocycles. The van der Waals surface area contributed by atoms with Gasteiger partial charge >= 0.3 is 0 Å². The minimum atomic E-state index is -0.360. The molecule has 0 aliphatic rings. The molecule has 0 bridgehead atoms. The molecule has 1 N–H and O–H groups in total. The van der Waals surface area contributed by atoms with Crippen molar-refractivity contribution in [3.05, 3.63) is 130 Å². The first kappa shape index (κ1) is 42.2. The van der Waals surface area contributed by atoms with Gasteiger partial charge in [-0.25, -0.2) is 8.78 Å². The second kappa shape index (κ2) is 17.9. The summed E-state index contributed by atoms with van der Waals surface area (Å²) in [6.07, 6.45) is 3.92. The summed E-state index contributed by atoms with van der Waals surface area (Å²) >= 11 is 0. The van der Waals surface area contributed by atoms with Gasteiger partial charge in [-0.3, -0.25) is 18.4 Å². The minimum Gasteiger partial charge on any atom is -0.493 e. The van der Waals surface area contributed by atoms with E-state index in [0.29, 0.717) is 69.2 Å². The van der Waals surface area contributed by atoms with Crippen molar-refractivity contribution < 1.29 is 18.3 Å². The minimum absolute atomic E-state index is 0.327. The van der Waals surface area contributed by atoms with Crippen LogP contribution in [0.4, 0.5) is 8.78 Å². The first-order chi connectivity index (χ1) is 29.9. The van der Waals surface area contributed by atoms with Crippen LogP contribution in [0.3, 0.4) is 0 Å². The normalized spacial score (nSPS) is 11.8. The highest BCUT2D eigenvalue weighted by Gasteiger charge is 2.19. The fraction of sp³-hybridized carbons (Fsp3) is 0.340. The van der Waals surface area contributed by atoms with Gasteiger partial charge in [-0.1, -0.05) is 6.07 Å². The molecule has 0 radical (unpaired) electrons. The Morgan fingerprint density at radius 2 is 1.37 bits per heavy atom. The Morgan fingerprint density at radius 1 is 0.677 bits per heavy atom. The van der Waals surface area contributed by atoms with Crippen molar-refractivity contribution in [3.8, 4) is 33.8 Å². The van der Waals surface area contributed by atoms with Crippen LogP contribution in [-0.4, -0.2) is 82.7 Å². The van der Waals surface area contributed by atoms with Gasteiger partial charge in [-0.15, -0.1) is 10.2 Å². The van der Waals surface area contributed by atoms with Crippen LogP contribution in [0.2, 0.25) is 0 Å². The standard InChI is InChI=1S/C47H53F2N11O2/c1-29-36(30(2)57(6)53-29)18-21-62-45-25-35(49)11-13-38(45)33-10-16-46-51-52-47(60(46)27-33)17-20-56(5)28-42-37(31(3)58(7)55-42)19-22-61-44-15-12-34(48)24-39(44)32-9-14-43-40(23-32)41(26-50-4)54-59(43)8/h9-16,23-25,27,50H,17-22,26,28H2,1-8H3. The lowest BCUT2D eigenvalue weighted by Gasteiger charge is -2.16. The molecule has 0 spiro atoms. The fourth-order valence-electron chi connectivity index (χ4n) is 8.28. The molecule has 15 heteroatoms. The highest BCUT2D eigenvalue weighted by atomic mass is 19.1. The Bertz CT molecular complexity index is 2890. The predicted octanol–water partition coefficient (Wildman–Crippen LogP) is 7.26. The Hall–Kier alpha value is -6.45. The van der Waals surface area contributed by atoms with Crippen molar-refractivity contribution in [2.45, 2.75) is 53.1 Å². The molecule has 0 saturated heterocycles. The summed E-state index contributed by atoms with van der Waals surface area (Å²) < 4.78 is 49.5. The number of fused-ring (bicyclic) bond motifs is 2. The summed E-state index contributed by atoms with van der Waals surface area (Å²) in [7, 11) is 9.78. The van der Waals surface area contributed by atoms with E-state index in [0.717, 1.165) is 78.7 Å². The van der Waals surface area contributed by atoms with E-state index in [1.54, 1.807) is 12.1 Å². The van der Waals surface area contributed by atoms with Crippen molar-refractivity contribution in [1.82, 2.24) is 54.2 Å².